The largest absolute Gasteiger partial charge is 0.394 e. The third-order valence-corrected chi connectivity index (χ3v) is 6.27. The number of aliphatic hydroxyl groups is 11. The van der Waals surface area contributed by atoms with E-state index >= 15 is 0 Å². The summed E-state index contributed by atoms with van der Waals surface area (Å²) in [5.74, 6) is -4.84. The molecule has 3 aliphatic heterocycles. The zero-order valence-electron chi connectivity index (χ0n) is 17.8. The monoisotopic (exact) mass is 504 g/mol. The third kappa shape index (κ3) is 4.71. The van der Waals surface area contributed by atoms with Crippen molar-refractivity contribution in [1.29, 1.82) is 0 Å². The topological polar surface area (TPSA) is 269 Å². The van der Waals surface area contributed by atoms with Gasteiger partial charge in [0.05, 0.1) is 19.8 Å². The zero-order chi connectivity index (χ0) is 25.4. The number of hydrogen-bond donors (Lipinski definition) is 11. The molecule has 3 saturated heterocycles. The van der Waals surface area contributed by atoms with Crippen LogP contribution >= 0.6 is 0 Å². The van der Waals surface area contributed by atoms with E-state index in [4.69, 9.17) is 23.7 Å². The van der Waals surface area contributed by atoms with Crippen LogP contribution in [0.5, 0.6) is 0 Å². The second-order valence-electron chi connectivity index (χ2n) is 8.43. The van der Waals surface area contributed by atoms with Gasteiger partial charge in [-0.05, 0) is 0 Å². The number of aliphatic hydroxyl groups excluding tert-OH is 11. The number of rotatable bonds is 9. The van der Waals surface area contributed by atoms with Crippen LogP contribution in [0.15, 0.2) is 0 Å². The summed E-state index contributed by atoms with van der Waals surface area (Å²) in [7, 11) is 0. The average Bonchev–Trinajstić information content (AvgIpc) is 3.23. The Kier molecular flexibility index (Phi) is 8.85. The Morgan fingerprint density at radius 1 is 0.588 bits per heavy atom. The lowest BCUT2D eigenvalue weighted by atomic mass is 9.99. The molecule has 200 valence electrons. The molecule has 16 nitrogen and oxygen atoms in total. The average molecular weight is 504 g/mol. The van der Waals surface area contributed by atoms with E-state index in [1.54, 1.807) is 0 Å². The Labute approximate surface area is 192 Å². The van der Waals surface area contributed by atoms with Crippen LogP contribution in [0.3, 0.4) is 0 Å². The molecule has 3 rings (SSSR count). The summed E-state index contributed by atoms with van der Waals surface area (Å²) in [6, 6.07) is 0. The van der Waals surface area contributed by atoms with Crippen molar-refractivity contribution in [2.45, 2.75) is 78.9 Å². The second kappa shape index (κ2) is 10.8. The molecule has 0 spiro atoms. The fourth-order valence-corrected chi connectivity index (χ4v) is 4.14. The van der Waals surface area contributed by atoms with E-state index < -0.39 is 112 Å². The van der Waals surface area contributed by atoms with Crippen molar-refractivity contribution >= 4 is 0 Å². The summed E-state index contributed by atoms with van der Waals surface area (Å²) < 4.78 is 26.9. The van der Waals surface area contributed by atoms with Crippen LogP contribution < -0.4 is 0 Å². The predicted molar refractivity (Wildman–Crippen MR) is 101 cm³/mol. The van der Waals surface area contributed by atoms with Gasteiger partial charge in [0, 0.05) is 0 Å². The summed E-state index contributed by atoms with van der Waals surface area (Å²) in [5.41, 5.74) is 0. The molecule has 34 heavy (non-hydrogen) atoms. The molecule has 0 aromatic heterocycles. The minimum atomic E-state index is -2.49. The van der Waals surface area contributed by atoms with Crippen LogP contribution in [-0.2, 0) is 23.7 Å². The van der Waals surface area contributed by atoms with E-state index in [9.17, 15) is 56.2 Å². The summed E-state index contributed by atoms with van der Waals surface area (Å²) in [6.07, 6.45) is -19.0. The molecule has 0 saturated carbocycles. The first-order valence-electron chi connectivity index (χ1n) is 10.5. The highest BCUT2D eigenvalue weighted by Crippen LogP contribution is 2.39. The van der Waals surface area contributed by atoms with E-state index in [0.29, 0.717) is 0 Å². The first-order valence-corrected chi connectivity index (χ1v) is 10.5. The van der Waals surface area contributed by atoms with E-state index in [0.717, 1.165) is 0 Å². The summed E-state index contributed by atoms with van der Waals surface area (Å²) in [4.78, 5) is 0. The van der Waals surface area contributed by atoms with E-state index in [1.807, 2.05) is 0 Å². The highest BCUT2D eigenvalue weighted by atomic mass is 16.8. The Balaban J connectivity index is 1.87. The molecular weight excluding hydrogens is 472 g/mol. The fraction of sp³-hybridized carbons (Fsp3) is 1.00. The van der Waals surface area contributed by atoms with Gasteiger partial charge in [-0.15, -0.1) is 0 Å². The predicted octanol–water partition coefficient (Wildman–Crippen LogP) is -7.57. The Hall–Kier alpha value is -0.640. The highest BCUT2D eigenvalue weighted by molar-refractivity contribution is 5.01. The van der Waals surface area contributed by atoms with Gasteiger partial charge in [0.2, 0.25) is 11.6 Å². The quantitative estimate of drug-likeness (QED) is 0.139. The van der Waals surface area contributed by atoms with E-state index in [-0.39, 0.29) is 0 Å². The second-order valence-corrected chi connectivity index (χ2v) is 8.43. The van der Waals surface area contributed by atoms with Gasteiger partial charge in [-0.1, -0.05) is 0 Å². The Morgan fingerprint density at radius 2 is 1.09 bits per heavy atom. The fourth-order valence-electron chi connectivity index (χ4n) is 4.14. The Bertz CT molecular complexity index is 668. The first-order chi connectivity index (χ1) is 16.0. The molecule has 0 aromatic rings. The van der Waals surface area contributed by atoms with Crippen molar-refractivity contribution in [1.82, 2.24) is 0 Å². The van der Waals surface area contributed by atoms with Crippen LogP contribution in [0, 0.1) is 0 Å². The van der Waals surface area contributed by atoms with Gasteiger partial charge in [-0.2, -0.15) is 0 Å². The summed E-state index contributed by atoms with van der Waals surface area (Å²) >= 11 is 0. The lowest BCUT2D eigenvalue weighted by Gasteiger charge is -2.44. The molecule has 0 amide bonds. The lowest BCUT2D eigenvalue weighted by molar-refractivity contribution is -0.399. The standard InChI is InChI=1S/C18H32O16/c19-1-6-9(23)12(26)13(27)16(31-6)34-18(15(29)11(25)8(3-21)33-18)5-30-17(4-22)14(28)10(24)7(2-20)32-17/h6-16,19-29H,1-5H2/t6-,7+,8-,9-,10+,11-,12+,13-,14-,15+,16?,17+,18+/m1/s1. The van der Waals surface area contributed by atoms with Gasteiger partial charge >= 0.3 is 0 Å². The van der Waals surface area contributed by atoms with Crippen molar-refractivity contribution in [3.05, 3.63) is 0 Å². The third-order valence-electron chi connectivity index (χ3n) is 6.27. The molecule has 0 aromatic carbocycles. The van der Waals surface area contributed by atoms with E-state index in [2.05, 4.69) is 0 Å². The van der Waals surface area contributed by atoms with Gasteiger partial charge in [-0.3, -0.25) is 0 Å². The molecule has 0 bridgehead atoms. The molecule has 0 radical (unpaired) electrons. The molecule has 11 N–H and O–H groups in total. The minimum Gasteiger partial charge on any atom is -0.394 e. The van der Waals surface area contributed by atoms with Gasteiger partial charge < -0.3 is 79.9 Å². The van der Waals surface area contributed by atoms with Crippen molar-refractivity contribution in [2.75, 3.05) is 33.0 Å². The molecular formula is C18H32O16. The van der Waals surface area contributed by atoms with Crippen molar-refractivity contribution in [3.8, 4) is 0 Å². The molecule has 3 fully saturated rings. The maximum atomic E-state index is 10.7. The van der Waals surface area contributed by atoms with Gasteiger partial charge in [0.1, 0.15) is 74.3 Å². The van der Waals surface area contributed by atoms with Crippen LogP contribution in [0.1, 0.15) is 0 Å². The van der Waals surface area contributed by atoms with Crippen LogP contribution in [0.4, 0.5) is 0 Å². The lowest BCUT2D eigenvalue weighted by Crippen LogP contribution is -2.63. The Morgan fingerprint density at radius 3 is 1.56 bits per heavy atom. The minimum absolute atomic E-state index is 0.750. The van der Waals surface area contributed by atoms with Crippen LogP contribution in [0.25, 0.3) is 0 Å². The molecule has 16 heteroatoms. The van der Waals surface area contributed by atoms with Crippen LogP contribution in [-0.4, -0.2) is 168 Å². The number of hydrogen-bond acceptors (Lipinski definition) is 16. The number of ether oxygens (including phenoxy) is 5. The van der Waals surface area contributed by atoms with Gasteiger partial charge in [0.15, 0.2) is 6.29 Å². The van der Waals surface area contributed by atoms with Crippen molar-refractivity contribution in [3.63, 3.8) is 0 Å². The molecule has 0 aliphatic carbocycles. The SMILES string of the molecule is OC[C@@H]1O[C@](CO)(OC[C@@]2(OC3O[C@H](CO)[C@@H](O)[C@H](O)[C@H]3O)O[C@H](CO)[C@@H](O)[C@@H]2O)[C@H](O)[C@H]1O. The molecule has 1 unspecified atom stereocenters. The van der Waals surface area contributed by atoms with Crippen molar-refractivity contribution < 1.29 is 79.9 Å². The smallest absolute Gasteiger partial charge is 0.224 e. The van der Waals surface area contributed by atoms with Crippen molar-refractivity contribution in [2.24, 2.45) is 0 Å². The first kappa shape index (κ1) is 27.9. The normalized spacial score (nSPS) is 51.8. The van der Waals surface area contributed by atoms with E-state index in [1.165, 1.54) is 0 Å². The van der Waals surface area contributed by atoms with Crippen LogP contribution in [0.2, 0.25) is 0 Å². The van der Waals surface area contributed by atoms with Gasteiger partial charge in [-0.25, -0.2) is 0 Å². The maximum Gasteiger partial charge on any atom is 0.224 e. The molecule has 13 atom stereocenters. The molecule has 3 heterocycles. The maximum absolute atomic E-state index is 10.7. The highest BCUT2D eigenvalue weighted by Gasteiger charge is 2.62. The summed E-state index contributed by atoms with van der Waals surface area (Å²) in [6.45, 7) is -4.40. The summed E-state index contributed by atoms with van der Waals surface area (Å²) in [5, 5.41) is 109. The molecule has 3 aliphatic rings. The van der Waals surface area contributed by atoms with Gasteiger partial charge in [0.25, 0.3) is 0 Å². The zero-order valence-corrected chi connectivity index (χ0v) is 17.8.